The molecule has 1 N–H and O–H groups in total. The molecule has 0 radical (unpaired) electrons. The van der Waals surface area contributed by atoms with Crippen LogP contribution in [0, 0.1) is 0 Å². The van der Waals surface area contributed by atoms with Crippen molar-refractivity contribution < 1.29 is 8.42 Å². The Hall–Kier alpha value is -1.03. The number of nitrogens with one attached hydrogen (secondary N) is 1. The molecule has 0 fully saturated rings. The van der Waals surface area contributed by atoms with Crippen molar-refractivity contribution in [3.8, 4) is 0 Å². The maximum Gasteiger partial charge on any atom is 0.178 e. The van der Waals surface area contributed by atoms with Gasteiger partial charge in [0.2, 0.25) is 0 Å². The van der Waals surface area contributed by atoms with Crippen LogP contribution in [0.15, 0.2) is 23.1 Å². The van der Waals surface area contributed by atoms with E-state index in [0.29, 0.717) is 4.90 Å². The Morgan fingerprint density at radius 2 is 2.12 bits per heavy atom. The van der Waals surface area contributed by atoms with Gasteiger partial charge in [-0.2, -0.15) is 0 Å². The van der Waals surface area contributed by atoms with Gasteiger partial charge in [0.1, 0.15) is 0 Å². The van der Waals surface area contributed by atoms with E-state index < -0.39 is 9.84 Å². The Labute approximate surface area is 103 Å². The molecule has 2 rings (SSSR count). The van der Waals surface area contributed by atoms with Crippen LogP contribution in [0.4, 0.5) is 5.69 Å². The van der Waals surface area contributed by atoms with E-state index in [4.69, 9.17) is 0 Å². The van der Waals surface area contributed by atoms with Crippen LogP contribution in [-0.4, -0.2) is 20.7 Å². The first-order chi connectivity index (χ1) is 8.13. The minimum atomic E-state index is -3.08. The van der Waals surface area contributed by atoms with Crippen molar-refractivity contribution in [3.63, 3.8) is 0 Å². The molecule has 1 aliphatic heterocycles. The van der Waals surface area contributed by atoms with E-state index in [-0.39, 0.29) is 5.75 Å². The van der Waals surface area contributed by atoms with Gasteiger partial charge in [0, 0.05) is 12.2 Å². The zero-order valence-electron chi connectivity index (χ0n) is 10.2. The molecule has 0 saturated carbocycles. The number of hydrogen-bond acceptors (Lipinski definition) is 3. The summed E-state index contributed by atoms with van der Waals surface area (Å²) in [6.07, 6.45) is 3.71. The summed E-state index contributed by atoms with van der Waals surface area (Å²) in [5, 5.41) is 3.24. The van der Waals surface area contributed by atoms with E-state index in [1.54, 1.807) is 6.07 Å². The quantitative estimate of drug-likeness (QED) is 0.820. The molecule has 1 heterocycles. The maximum absolute atomic E-state index is 12.1. The van der Waals surface area contributed by atoms with Gasteiger partial charge in [0.05, 0.1) is 10.6 Å². The predicted molar refractivity (Wildman–Crippen MR) is 70.2 cm³/mol. The fourth-order valence-electron chi connectivity index (χ4n) is 2.13. The SMILES string of the molecule is CCCCCS(=O)(=O)c1ccc2c(c1)CCN2. The summed E-state index contributed by atoms with van der Waals surface area (Å²) in [7, 11) is -3.08. The molecule has 0 aromatic heterocycles. The molecule has 0 amide bonds. The van der Waals surface area contributed by atoms with Gasteiger partial charge < -0.3 is 5.32 Å². The van der Waals surface area contributed by atoms with Crippen LogP contribution in [0.3, 0.4) is 0 Å². The van der Waals surface area contributed by atoms with Gasteiger partial charge in [-0.1, -0.05) is 19.8 Å². The van der Waals surface area contributed by atoms with Crippen molar-refractivity contribution in [2.75, 3.05) is 17.6 Å². The molecule has 0 saturated heterocycles. The topological polar surface area (TPSA) is 46.2 Å². The minimum absolute atomic E-state index is 0.271. The molecule has 17 heavy (non-hydrogen) atoms. The molecule has 0 aliphatic carbocycles. The third-order valence-corrected chi connectivity index (χ3v) is 4.96. The average molecular weight is 253 g/mol. The first-order valence-electron chi connectivity index (χ1n) is 6.23. The largest absolute Gasteiger partial charge is 0.384 e. The minimum Gasteiger partial charge on any atom is -0.384 e. The number of sulfone groups is 1. The van der Waals surface area contributed by atoms with Gasteiger partial charge in [0.15, 0.2) is 9.84 Å². The number of unbranched alkanes of at least 4 members (excludes halogenated alkanes) is 2. The van der Waals surface area contributed by atoms with Crippen LogP contribution >= 0.6 is 0 Å². The van der Waals surface area contributed by atoms with Crippen molar-refractivity contribution in [1.29, 1.82) is 0 Å². The third kappa shape index (κ3) is 2.80. The average Bonchev–Trinajstić information content (AvgIpc) is 2.76. The Morgan fingerprint density at radius 3 is 2.88 bits per heavy atom. The second-order valence-corrected chi connectivity index (χ2v) is 6.63. The summed E-state index contributed by atoms with van der Waals surface area (Å²) in [6.45, 7) is 2.99. The lowest BCUT2D eigenvalue weighted by Crippen LogP contribution is -2.07. The standard InChI is InChI=1S/C13H19NO2S/c1-2-3-4-9-17(15,16)12-5-6-13-11(10-12)7-8-14-13/h5-6,10,14H,2-4,7-9H2,1H3. The number of rotatable bonds is 5. The lowest BCUT2D eigenvalue weighted by Gasteiger charge is -2.06. The van der Waals surface area contributed by atoms with Gasteiger partial charge in [-0.25, -0.2) is 8.42 Å². The first-order valence-corrected chi connectivity index (χ1v) is 7.88. The molecule has 0 spiro atoms. The smallest absolute Gasteiger partial charge is 0.178 e. The van der Waals surface area contributed by atoms with E-state index in [2.05, 4.69) is 12.2 Å². The van der Waals surface area contributed by atoms with E-state index in [1.807, 2.05) is 12.1 Å². The highest BCUT2D eigenvalue weighted by molar-refractivity contribution is 7.91. The first kappa shape index (κ1) is 12.4. The maximum atomic E-state index is 12.1. The van der Waals surface area contributed by atoms with Crippen molar-refractivity contribution in [2.45, 2.75) is 37.5 Å². The van der Waals surface area contributed by atoms with Gasteiger partial charge in [0.25, 0.3) is 0 Å². The second kappa shape index (κ2) is 5.08. The van der Waals surface area contributed by atoms with E-state index in [1.165, 1.54) is 0 Å². The molecule has 1 aliphatic rings. The fourth-order valence-corrected chi connectivity index (χ4v) is 3.55. The molecule has 0 atom stereocenters. The highest BCUT2D eigenvalue weighted by Crippen LogP contribution is 2.25. The van der Waals surface area contributed by atoms with Crippen LogP contribution < -0.4 is 5.32 Å². The van der Waals surface area contributed by atoms with Crippen molar-refractivity contribution in [1.82, 2.24) is 0 Å². The van der Waals surface area contributed by atoms with Crippen molar-refractivity contribution >= 4 is 15.5 Å². The zero-order valence-corrected chi connectivity index (χ0v) is 11.0. The Morgan fingerprint density at radius 1 is 1.29 bits per heavy atom. The number of anilines is 1. The molecule has 4 heteroatoms. The van der Waals surface area contributed by atoms with Crippen molar-refractivity contribution in [2.24, 2.45) is 0 Å². The van der Waals surface area contributed by atoms with Gasteiger partial charge >= 0.3 is 0 Å². The summed E-state index contributed by atoms with van der Waals surface area (Å²) < 4.78 is 24.2. The molecular formula is C13H19NO2S. The highest BCUT2D eigenvalue weighted by Gasteiger charge is 2.17. The number of hydrogen-bond donors (Lipinski definition) is 1. The van der Waals surface area contributed by atoms with E-state index in [0.717, 1.165) is 43.5 Å². The fraction of sp³-hybridized carbons (Fsp3) is 0.538. The van der Waals surface area contributed by atoms with Gasteiger partial charge in [-0.3, -0.25) is 0 Å². The lowest BCUT2D eigenvalue weighted by atomic mass is 10.2. The zero-order chi connectivity index (χ0) is 12.3. The summed E-state index contributed by atoms with van der Waals surface area (Å²) in [5.41, 5.74) is 2.21. The van der Waals surface area contributed by atoms with Crippen LogP contribution in [0.1, 0.15) is 31.7 Å². The summed E-state index contributed by atoms with van der Waals surface area (Å²) in [5.74, 6) is 0.271. The molecule has 94 valence electrons. The van der Waals surface area contributed by atoms with Gasteiger partial charge in [-0.05, 0) is 36.6 Å². The normalized spacial score (nSPS) is 14.4. The third-order valence-electron chi connectivity index (χ3n) is 3.16. The number of benzene rings is 1. The van der Waals surface area contributed by atoms with Crippen molar-refractivity contribution in [3.05, 3.63) is 23.8 Å². The van der Waals surface area contributed by atoms with Crippen LogP contribution in [0.2, 0.25) is 0 Å². The Kier molecular flexibility index (Phi) is 3.72. The van der Waals surface area contributed by atoms with Crippen LogP contribution in [0.5, 0.6) is 0 Å². The molecule has 3 nitrogen and oxygen atoms in total. The van der Waals surface area contributed by atoms with Crippen LogP contribution in [-0.2, 0) is 16.3 Å². The Balaban J connectivity index is 2.16. The van der Waals surface area contributed by atoms with Gasteiger partial charge in [-0.15, -0.1) is 0 Å². The lowest BCUT2D eigenvalue weighted by molar-refractivity contribution is 0.591. The summed E-state index contributed by atoms with van der Waals surface area (Å²) in [4.78, 5) is 0.482. The molecule has 0 bridgehead atoms. The second-order valence-electron chi connectivity index (χ2n) is 4.52. The predicted octanol–water partition coefficient (Wildman–Crippen LogP) is 2.62. The van der Waals surface area contributed by atoms with E-state index >= 15 is 0 Å². The highest BCUT2D eigenvalue weighted by atomic mass is 32.2. The number of fused-ring (bicyclic) bond motifs is 1. The monoisotopic (exact) mass is 253 g/mol. The van der Waals surface area contributed by atoms with E-state index in [9.17, 15) is 8.42 Å². The Bertz CT molecular complexity index is 494. The summed E-state index contributed by atoms with van der Waals surface area (Å²) in [6, 6.07) is 5.43. The summed E-state index contributed by atoms with van der Waals surface area (Å²) >= 11 is 0. The molecular weight excluding hydrogens is 234 g/mol. The molecule has 1 aromatic carbocycles. The molecule has 1 aromatic rings. The van der Waals surface area contributed by atoms with Crippen LogP contribution in [0.25, 0.3) is 0 Å². The molecule has 0 unspecified atom stereocenters.